The zero-order valence-electron chi connectivity index (χ0n) is 7.05. The second-order valence-corrected chi connectivity index (χ2v) is 3.15. The minimum atomic E-state index is -4.32. The van der Waals surface area contributed by atoms with Crippen molar-refractivity contribution in [1.82, 2.24) is 0 Å². The first-order valence-corrected chi connectivity index (χ1v) is 4.06. The number of rotatable bonds is 0. The SMILES string of the molecule is OC1C=Cc2cc(C(F)(F)F)ccc21. The smallest absolute Gasteiger partial charge is 0.384 e. The van der Waals surface area contributed by atoms with Gasteiger partial charge in [-0.3, -0.25) is 0 Å². The molecule has 1 aromatic rings. The van der Waals surface area contributed by atoms with Crippen LogP contribution in [0.4, 0.5) is 13.2 Å². The van der Waals surface area contributed by atoms with Gasteiger partial charge >= 0.3 is 6.18 Å². The molecule has 1 aliphatic rings. The minimum Gasteiger partial charge on any atom is -0.384 e. The van der Waals surface area contributed by atoms with Gasteiger partial charge in [-0.2, -0.15) is 13.2 Å². The van der Waals surface area contributed by atoms with Crippen molar-refractivity contribution < 1.29 is 18.3 Å². The highest BCUT2D eigenvalue weighted by Gasteiger charge is 2.31. The third-order valence-corrected chi connectivity index (χ3v) is 2.19. The van der Waals surface area contributed by atoms with Crippen LogP contribution in [0.2, 0.25) is 0 Å². The van der Waals surface area contributed by atoms with Crippen molar-refractivity contribution >= 4 is 6.08 Å². The van der Waals surface area contributed by atoms with Gasteiger partial charge in [0.25, 0.3) is 0 Å². The van der Waals surface area contributed by atoms with Crippen molar-refractivity contribution in [3.63, 3.8) is 0 Å². The van der Waals surface area contributed by atoms with E-state index in [4.69, 9.17) is 0 Å². The van der Waals surface area contributed by atoms with Crippen LogP contribution in [-0.4, -0.2) is 5.11 Å². The molecule has 0 bridgehead atoms. The number of alkyl halides is 3. The molecule has 0 amide bonds. The van der Waals surface area contributed by atoms with E-state index in [2.05, 4.69) is 0 Å². The van der Waals surface area contributed by atoms with Crippen molar-refractivity contribution in [3.05, 3.63) is 41.0 Å². The van der Waals surface area contributed by atoms with E-state index < -0.39 is 17.8 Å². The molecule has 1 N–H and O–H groups in total. The molecule has 0 heterocycles. The molecule has 0 saturated heterocycles. The summed E-state index contributed by atoms with van der Waals surface area (Å²) in [5.41, 5.74) is 0.278. The van der Waals surface area contributed by atoms with Crippen molar-refractivity contribution in [1.29, 1.82) is 0 Å². The van der Waals surface area contributed by atoms with E-state index in [-0.39, 0.29) is 0 Å². The van der Waals surface area contributed by atoms with E-state index in [0.717, 1.165) is 12.1 Å². The number of fused-ring (bicyclic) bond motifs is 1. The number of hydrogen-bond acceptors (Lipinski definition) is 1. The van der Waals surface area contributed by atoms with Crippen LogP contribution in [0, 0.1) is 0 Å². The molecule has 0 aliphatic heterocycles. The number of hydrogen-bond donors (Lipinski definition) is 1. The summed E-state index contributed by atoms with van der Waals surface area (Å²) >= 11 is 0. The van der Waals surface area contributed by atoms with Crippen LogP contribution in [0.15, 0.2) is 24.3 Å². The highest BCUT2D eigenvalue weighted by atomic mass is 19.4. The van der Waals surface area contributed by atoms with Gasteiger partial charge in [-0.15, -0.1) is 0 Å². The van der Waals surface area contributed by atoms with Gasteiger partial charge in [-0.25, -0.2) is 0 Å². The Balaban J connectivity index is 2.47. The third kappa shape index (κ3) is 1.42. The molecule has 1 atom stereocenters. The van der Waals surface area contributed by atoms with E-state index in [9.17, 15) is 18.3 Å². The second-order valence-electron chi connectivity index (χ2n) is 3.15. The molecule has 0 aromatic heterocycles. The Bertz CT molecular complexity index is 393. The second kappa shape index (κ2) is 2.85. The number of aliphatic hydroxyl groups excluding tert-OH is 1. The fourth-order valence-corrected chi connectivity index (χ4v) is 1.46. The first-order valence-electron chi connectivity index (χ1n) is 4.06. The standard InChI is InChI=1S/C10H7F3O/c11-10(12,13)7-2-3-8-6(5-7)1-4-9(8)14/h1-5,9,14H. The lowest BCUT2D eigenvalue weighted by Crippen LogP contribution is -2.05. The summed E-state index contributed by atoms with van der Waals surface area (Å²) in [5.74, 6) is 0. The lowest BCUT2D eigenvalue weighted by molar-refractivity contribution is -0.137. The van der Waals surface area contributed by atoms with Gasteiger partial charge in [0.05, 0.1) is 11.7 Å². The molecule has 0 spiro atoms. The van der Waals surface area contributed by atoms with Gasteiger partial charge in [0.2, 0.25) is 0 Å². The van der Waals surface area contributed by atoms with E-state index in [1.807, 2.05) is 0 Å². The summed E-state index contributed by atoms with van der Waals surface area (Å²) in [6.07, 6.45) is -2.14. The van der Waals surface area contributed by atoms with Gasteiger partial charge < -0.3 is 5.11 Å². The lowest BCUT2D eigenvalue weighted by atomic mass is 10.0. The topological polar surface area (TPSA) is 20.2 Å². The lowest BCUT2D eigenvalue weighted by Gasteiger charge is -2.09. The Morgan fingerprint density at radius 2 is 1.93 bits per heavy atom. The molecule has 1 unspecified atom stereocenters. The van der Waals surface area contributed by atoms with E-state index >= 15 is 0 Å². The van der Waals surface area contributed by atoms with E-state index in [1.54, 1.807) is 0 Å². The molecule has 2 rings (SSSR count). The first kappa shape index (κ1) is 9.27. The number of aliphatic hydroxyl groups is 1. The predicted octanol–water partition coefficient (Wildman–Crippen LogP) is 2.77. The minimum absolute atomic E-state index is 0.437. The Morgan fingerprint density at radius 1 is 1.21 bits per heavy atom. The van der Waals surface area contributed by atoms with Crippen LogP contribution < -0.4 is 0 Å². The molecular weight excluding hydrogens is 193 g/mol. The highest BCUT2D eigenvalue weighted by Crippen LogP contribution is 2.34. The summed E-state index contributed by atoms with van der Waals surface area (Å²) < 4.78 is 36.8. The van der Waals surface area contributed by atoms with Crippen molar-refractivity contribution in [3.8, 4) is 0 Å². The summed E-state index contributed by atoms with van der Waals surface area (Å²) in [6.45, 7) is 0. The van der Waals surface area contributed by atoms with Gasteiger partial charge in [-0.05, 0) is 23.3 Å². The quantitative estimate of drug-likeness (QED) is 0.682. The highest BCUT2D eigenvalue weighted by molar-refractivity contribution is 5.62. The normalized spacial score (nSPS) is 19.9. The number of halogens is 3. The summed E-state index contributed by atoms with van der Waals surface area (Å²) in [5, 5.41) is 9.31. The molecule has 0 radical (unpaired) electrons. The summed E-state index contributed by atoms with van der Waals surface area (Å²) in [6, 6.07) is 3.33. The van der Waals surface area contributed by atoms with Crippen LogP contribution in [0.3, 0.4) is 0 Å². The largest absolute Gasteiger partial charge is 0.416 e. The summed E-state index contributed by atoms with van der Waals surface area (Å²) in [7, 11) is 0. The first-order chi connectivity index (χ1) is 6.48. The van der Waals surface area contributed by atoms with Crippen LogP contribution in [0.25, 0.3) is 6.08 Å². The van der Waals surface area contributed by atoms with E-state index in [0.29, 0.717) is 11.1 Å². The van der Waals surface area contributed by atoms with Crippen LogP contribution in [-0.2, 0) is 6.18 Å². The summed E-state index contributed by atoms with van der Waals surface area (Å²) in [4.78, 5) is 0. The third-order valence-electron chi connectivity index (χ3n) is 2.19. The molecule has 14 heavy (non-hydrogen) atoms. The average molecular weight is 200 g/mol. The molecule has 1 aliphatic carbocycles. The zero-order chi connectivity index (χ0) is 10.3. The Kier molecular flexibility index (Phi) is 1.89. The Morgan fingerprint density at radius 3 is 2.57 bits per heavy atom. The molecule has 4 heteroatoms. The Hall–Kier alpha value is -1.29. The fraction of sp³-hybridized carbons (Fsp3) is 0.200. The van der Waals surface area contributed by atoms with Crippen molar-refractivity contribution in [2.75, 3.05) is 0 Å². The van der Waals surface area contributed by atoms with E-state index in [1.165, 1.54) is 18.2 Å². The predicted molar refractivity (Wildman–Crippen MR) is 45.4 cm³/mol. The molecule has 74 valence electrons. The molecule has 1 nitrogen and oxygen atoms in total. The van der Waals surface area contributed by atoms with Crippen LogP contribution >= 0.6 is 0 Å². The van der Waals surface area contributed by atoms with Gasteiger partial charge in [-0.1, -0.05) is 18.2 Å². The van der Waals surface area contributed by atoms with Crippen molar-refractivity contribution in [2.24, 2.45) is 0 Å². The molecule has 0 saturated carbocycles. The fourth-order valence-electron chi connectivity index (χ4n) is 1.46. The Labute approximate surface area is 78.5 Å². The molecule has 0 fully saturated rings. The molecule has 1 aromatic carbocycles. The van der Waals surface area contributed by atoms with Crippen molar-refractivity contribution in [2.45, 2.75) is 12.3 Å². The average Bonchev–Trinajstić information content (AvgIpc) is 2.46. The number of benzene rings is 1. The van der Waals surface area contributed by atoms with Crippen LogP contribution in [0.5, 0.6) is 0 Å². The van der Waals surface area contributed by atoms with Gasteiger partial charge in [0, 0.05) is 0 Å². The van der Waals surface area contributed by atoms with Gasteiger partial charge in [0.15, 0.2) is 0 Å². The zero-order valence-corrected chi connectivity index (χ0v) is 7.05. The monoisotopic (exact) mass is 200 g/mol. The maximum absolute atomic E-state index is 12.3. The maximum atomic E-state index is 12.3. The van der Waals surface area contributed by atoms with Gasteiger partial charge in [0.1, 0.15) is 0 Å². The van der Waals surface area contributed by atoms with Crippen LogP contribution in [0.1, 0.15) is 22.8 Å². The maximum Gasteiger partial charge on any atom is 0.416 e. The molecular formula is C10H7F3O.